The van der Waals surface area contributed by atoms with E-state index in [2.05, 4.69) is 19.7 Å². The molecule has 4 N–H and O–H groups in total. The number of rotatable bonds is 2. The SMILES string of the molecule is CC(=O)OCc1nc(N)nc(N)n1. The minimum absolute atomic E-state index is 0.00894. The molecule has 0 aliphatic rings. The van der Waals surface area contributed by atoms with Crippen LogP contribution >= 0.6 is 0 Å². The first-order valence-electron chi connectivity index (χ1n) is 3.47. The molecule has 7 heteroatoms. The lowest BCUT2D eigenvalue weighted by Crippen LogP contribution is -2.09. The lowest BCUT2D eigenvalue weighted by atomic mass is 10.6. The maximum Gasteiger partial charge on any atom is 0.303 e. The van der Waals surface area contributed by atoms with Gasteiger partial charge in [0.1, 0.15) is 0 Å². The van der Waals surface area contributed by atoms with Crippen molar-refractivity contribution in [2.75, 3.05) is 11.5 Å². The number of nitrogen functional groups attached to an aromatic ring is 2. The zero-order valence-electron chi connectivity index (χ0n) is 7.02. The van der Waals surface area contributed by atoms with Crippen LogP contribution in [0.2, 0.25) is 0 Å². The summed E-state index contributed by atoms with van der Waals surface area (Å²) in [7, 11) is 0. The van der Waals surface area contributed by atoms with E-state index in [1.807, 2.05) is 0 Å². The normalized spacial score (nSPS) is 9.62. The first kappa shape index (κ1) is 9.17. The summed E-state index contributed by atoms with van der Waals surface area (Å²) in [6, 6.07) is 0. The molecule has 0 radical (unpaired) electrons. The molecule has 0 atom stereocenters. The van der Waals surface area contributed by atoms with Gasteiger partial charge in [-0.2, -0.15) is 15.0 Å². The smallest absolute Gasteiger partial charge is 0.303 e. The van der Waals surface area contributed by atoms with Crippen molar-refractivity contribution in [2.24, 2.45) is 0 Å². The van der Waals surface area contributed by atoms with Crippen LogP contribution in [-0.2, 0) is 16.1 Å². The standard InChI is InChI=1S/C6H9N5O2/c1-3(12)13-2-4-9-5(7)11-6(8)10-4/h2H2,1H3,(H4,7,8,9,10,11). The number of esters is 1. The number of anilines is 2. The zero-order chi connectivity index (χ0) is 9.84. The van der Waals surface area contributed by atoms with Crippen LogP contribution < -0.4 is 11.5 Å². The summed E-state index contributed by atoms with van der Waals surface area (Å²) in [6.45, 7) is 1.24. The van der Waals surface area contributed by atoms with E-state index < -0.39 is 5.97 Å². The van der Waals surface area contributed by atoms with Crippen molar-refractivity contribution >= 4 is 17.9 Å². The first-order valence-corrected chi connectivity index (χ1v) is 3.47. The quantitative estimate of drug-likeness (QED) is 0.570. The fraction of sp³-hybridized carbons (Fsp3) is 0.333. The average Bonchev–Trinajstić information content (AvgIpc) is 1.99. The Bertz CT molecular complexity index is 307. The minimum Gasteiger partial charge on any atom is -0.458 e. The molecule has 0 unspecified atom stereocenters. The van der Waals surface area contributed by atoms with Gasteiger partial charge in [0.15, 0.2) is 12.4 Å². The molecule has 7 nitrogen and oxygen atoms in total. The Hall–Kier alpha value is -1.92. The molecule has 13 heavy (non-hydrogen) atoms. The van der Waals surface area contributed by atoms with Crippen molar-refractivity contribution < 1.29 is 9.53 Å². The monoisotopic (exact) mass is 183 g/mol. The Morgan fingerprint density at radius 2 is 1.85 bits per heavy atom. The molecule has 0 fully saturated rings. The minimum atomic E-state index is -0.419. The van der Waals surface area contributed by atoms with Gasteiger partial charge in [0.2, 0.25) is 11.9 Å². The van der Waals surface area contributed by atoms with Crippen molar-refractivity contribution in [3.63, 3.8) is 0 Å². The highest BCUT2D eigenvalue weighted by molar-refractivity contribution is 5.65. The van der Waals surface area contributed by atoms with Crippen molar-refractivity contribution in [1.29, 1.82) is 0 Å². The van der Waals surface area contributed by atoms with Crippen LogP contribution in [0.15, 0.2) is 0 Å². The molecule has 0 saturated heterocycles. The number of aromatic nitrogens is 3. The number of hydrogen-bond acceptors (Lipinski definition) is 7. The molecule has 0 aliphatic heterocycles. The molecule has 0 spiro atoms. The number of nitrogens with zero attached hydrogens (tertiary/aromatic N) is 3. The van der Waals surface area contributed by atoms with Gasteiger partial charge in [0, 0.05) is 6.92 Å². The fourth-order valence-corrected chi connectivity index (χ4v) is 0.688. The second kappa shape index (κ2) is 3.65. The van der Waals surface area contributed by atoms with Gasteiger partial charge in [0.05, 0.1) is 0 Å². The van der Waals surface area contributed by atoms with Gasteiger partial charge in [-0.25, -0.2) is 0 Å². The third-order valence-corrected chi connectivity index (χ3v) is 1.12. The van der Waals surface area contributed by atoms with Crippen LogP contribution in [-0.4, -0.2) is 20.9 Å². The van der Waals surface area contributed by atoms with E-state index in [1.54, 1.807) is 0 Å². The van der Waals surface area contributed by atoms with Crippen molar-refractivity contribution in [1.82, 2.24) is 15.0 Å². The van der Waals surface area contributed by atoms with Crippen LogP contribution in [0.4, 0.5) is 11.9 Å². The molecule has 0 bridgehead atoms. The van der Waals surface area contributed by atoms with E-state index >= 15 is 0 Å². The number of ether oxygens (including phenoxy) is 1. The molecule has 1 rings (SSSR count). The number of nitrogens with two attached hydrogens (primary N) is 2. The molecule has 0 saturated carbocycles. The summed E-state index contributed by atoms with van der Waals surface area (Å²) < 4.78 is 4.64. The second-order valence-corrected chi connectivity index (χ2v) is 2.25. The Morgan fingerprint density at radius 1 is 1.31 bits per heavy atom. The Morgan fingerprint density at radius 3 is 2.31 bits per heavy atom. The fourth-order valence-electron chi connectivity index (χ4n) is 0.688. The second-order valence-electron chi connectivity index (χ2n) is 2.25. The van der Waals surface area contributed by atoms with Crippen LogP contribution in [0.3, 0.4) is 0 Å². The Kier molecular flexibility index (Phi) is 2.58. The summed E-state index contributed by atoms with van der Waals surface area (Å²) in [5, 5.41) is 0. The molecule has 1 aromatic heterocycles. The van der Waals surface area contributed by atoms with Crippen LogP contribution in [0, 0.1) is 0 Å². The summed E-state index contributed by atoms with van der Waals surface area (Å²) in [6.07, 6.45) is 0. The third kappa shape index (κ3) is 2.89. The molecule has 70 valence electrons. The van der Waals surface area contributed by atoms with Crippen LogP contribution in [0.5, 0.6) is 0 Å². The van der Waals surface area contributed by atoms with E-state index in [1.165, 1.54) is 6.92 Å². The maximum absolute atomic E-state index is 10.4. The van der Waals surface area contributed by atoms with Crippen LogP contribution in [0.25, 0.3) is 0 Å². The Balaban J connectivity index is 2.71. The number of carbonyl (C=O) groups is 1. The van der Waals surface area contributed by atoms with Crippen molar-refractivity contribution in [3.05, 3.63) is 5.82 Å². The number of carbonyl (C=O) groups excluding carboxylic acids is 1. The number of hydrogen-bond donors (Lipinski definition) is 2. The first-order chi connectivity index (χ1) is 6.08. The molecule has 0 aliphatic carbocycles. The molecule has 1 heterocycles. The van der Waals surface area contributed by atoms with E-state index in [9.17, 15) is 4.79 Å². The topological polar surface area (TPSA) is 117 Å². The van der Waals surface area contributed by atoms with Crippen molar-refractivity contribution in [2.45, 2.75) is 13.5 Å². The molecular formula is C6H9N5O2. The van der Waals surface area contributed by atoms with Gasteiger partial charge in [-0.15, -0.1) is 0 Å². The Labute approximate surface area is 74.1 Å². The van der Waals surface area contributed by atoms with Gasteiger partial charge < -0.3 is 16.2 Å². The van der Waals surface area contributed by atoms with E-state index in [0.717, 1.165) is 0 Å². The van der Waals surface area contributed by atoms with Gasteiger partial charge in [-0.1, -0.05) is 0 Å². The maximum atomic E-state index is 10.4. The largest absolute Gasteiger partial charge is 0.458 e. The highest BCUT2D eigenvalue weighted by Gasteiger charge is 2.02. The van der Waals surface area contributed by atoms with Crippen molar-refractivity contribution in [3.8, 4) is 0 Å². The zero-order valence-corrected chi connectivity index (χ0v) is 7.02. The molecule has 0 amide bonds. The molecular weight excluding hydrogens is 174 g/mol. The predicted molar refractivity (Wildman–Crippen MR) is 44.1 cm³/mol. The van der Waals surface area contributed by atoms with Gasteiger partial charge >= 0.3 is 5.97 Å². The van der Waals surface area contributed by atoms with Gasteiger partial charge in [-0.3, -0.25) is 4.79 Å². The highest BCUT2D eigenvalue weighted by Crippen LogP contribution is 1.99. The molecule has 0 aromatic carbocycles. The predicted octanol–water partition coefficient (Wildman–Crippen LogP) is -0.901. The molecule has 1 aromatic rings. The highest BCUT2D eigenvalue weighted by atomic mass is 16.5. The van der Waals surface area contributed by atoms with Gasteiger partial charge in [-0.05, 0) is 0 Å². The summed E-state index contributed by atoms with van der Waals surface area (Å²) in [4.78, 5) is 21.4. The van der Waals surface area contributed by atoms with Crippen LogP contribution in [0.1, 0.15) is 12.7 Å². The average molecular weight is 183 g/mol. The summed E-state index contributed by atoms with van der Waals surface area (Å²) in [5.41, 5.74) is 10.6. The summed E-state index contributed by atoms with van der Waals surface area (Å²) >= 11 is 0. The van der Waals surface area contributed by atoms with E-state index in [4.69, 9.17) is 11.5 Å². The lowest BCUT2D eigenvalue weighted by Gasteiger charge is -2.01. The summed E-state index contributed by atoms with van der Waals surface area (Å²) in [5.74, 6) is -0.165. The van der Waals surface area contributed by atoms with E-state index in [0.29, 0.717) is 0 Å². The lowest BCUT2D eigenvalue weighted by molar-refractivity contribution is -0.142. The third-order valence-electron chi connectivity index (χ3n) is 1.12. The van der Waals surface area contributed by atoms with Gasteiger partial charge in [0.25, 0.3) is 0 Å². The van der Waals surface area contributed by atoms with E-state index in [-0.39, 0.29) is 24.3 Å².